The van der Waals surface area contributed by atoms with Gasteiger partial charge in [-0.1, -0.05) is 6.42 Å². The first-order valence-corrected chi connectivity index (χ1v) is 11.2. The summed E-state index contributed by atoms with van der Waals surface area (Å²) in [5, 5.41) is 0. The van der Waals surface area contributed by atoms with Crippen LogP contribution in [-0.4, -0.2) is 63.0 Å². The van der Waals surface area contributed by atoms with Crippen molar-refractivity contribution in [3.63, 3.8) is 0 Å². The molecule has 2 fully saturated rings. The van der Waals surface area contributed by atoms with E-state index in [4.69, 9.17) is 0 Å². The van der Waals surface area contributed by atoms with Crippen molar-refractivity contribution in [2.45, 2.75) is 45.1 Å². The maximum absolute atomic E-state index is 12.5. The van der Waals surface area contributed by atoms with Crippen molar-refractivity contribution >= 4 is 5.91 Å². The number of rotatable bonds is 6. The molecule has 0 atom stereocenters. The lowest BCUT2D eigenvalue weighted by Gasteiger charge is -2.33. The van der Waals surface area contributed by atoms with Crippen LogP contribution < -0.4 is 5.56 Å². The van der Waals surface area contributed by atoms with Crippen LogP contribution in [0.3, 0.4) is 0 Å². The summed E-state index contributed by atoms with van der Waals surface area (Å²) in [6, 6.07) is 5.36. The Labute approximate surface area is 177 Å². The van der Waals surface area contributed by atoms with Crippen molar-refractivity contribution in [2.75, 3.05) is 32.7 Å². The maximum atomic E-state index is 12.5. The van der Waals surface area contributed by atoms with Gasteiger partial charge in [0.2, 0.25) is 5.91 Å². The van der Waals surface area contributed by atoms with Gasteiger partial charge < -0.3 is 9.80 Å². The molecule has 2 saturated heterocycles. The molecule has 0 radical (unpaired) electrons. The first-order chi connectivity index (χ1) is 14.7. The summed E-state index contributed by atoms with van der Waals surface area (Å²) in [6.45, 7) is 5.51. The van der Waals surface area contributed by atoms with Crippen LogP contribution in [0.1, 0.15) is 38.5 Å². The molecule has 0 bridgehead atoms. The maximum Gasteiger partial charge on any atom is 0.253 e. The minimum absolute atomic E-state index is 0.00837. The molecule has 160 valence electrons. The second-order valence-electron chi connectivity index (χ2n) is 8.48. The highest BCUT2D eigenvalue weighted by molar-refractivity contribution is 5.76. The summed E-state index contributed by atoms with van der Waals surface area (Å²) in [4.78, 5) is 37.8. The molecule has 30 heavy (non-hydrogen) atoms. The molecule has 4 heterocycles. The Bertz CT molecular complexity index is 890. The van der Waals surface area contributed by atoms with E-state index in [0.29, 0.717) is 23.9 Å². The topological polar surface area (TPSA) is 71.3 Å². The molecule has 2 aliphatic heterocycles. The zero-order valence-corrected chi connectivity index (χ0v) is 17.6. The van der Waals surface area contributed by atoms with Crippen molar-refractivity contribution in [2.24, 2.45) is 5.92 Å². The van der Waals surface area contributed by atoms with Crippen LogP contribution >= 0.6 is 0 Å². The predicted octanol–water partition coefficient (Wildman–Crippen LogP) is 2.42. The molecule has 2 aliphatic rings. The van der Waals surface area contributed by atoms with Gasteiger partial charge in [-0.15, -0.1) is 0 Å². The lowest BCUT2D eigenvalue weighted by Crippen LogP contribution is -2.42. The Morgan fingerprint density at radius 3 is 2.67 bits per heavy atom. The number of carbonyl (C=O) groups excluding carboxylic acids is 1. The predicted molar refractivity (Wildman–Crippen MR) is 116 cm³/mol. The highest BCUT2D eigenvalue weighted by atomic mass is 16.2. The molecule has 0 saturated carbocycles. The standard InChI is InChI=1S/C23H31N5O2/c29-22-6-2-1-3-10-27(22)14-13-26-11-7-19(8-12-26)17-28-18-25-21(15-23(28)30)20-5-4-9-24-16-20/h4-5,9,15-16,18-19H,1-3,6-8,10-14,17H2. The number of hydrogen-bond acceptors (Lipinski definition) is 5. The number of carbonyl (C=O) groups is 1. The van der Waals surface area contributed by atoms with Crippen LogP contribution in [0.4, 0.5) is 0 Å². The monoisotopic (exact) mass is 409 g/mol. The Morgan fingerprint density at radius 1 is 1.03 bits per heavy atom. The van der Waals surface area contributed by atoms with E-state index in [1.807, 2.05) is 17.0 Å². The molecule has 4 rings (SSSR count). The third-order valence-electron chi connectivity index (χ3n) is 6.36. The molecule has 0 N–H and O–H groups in total. The average Bonchev–Trinajstić information content (AvgIpc) is 2.99. The second kappa shape index (κ2) is 9.98. The molecule has 0 aliphatic carbocycles. The molecule has 0 unspecified atom stereocenters. The highest BCUT2D eigenvalue weighted by Gasteiger charge is 2.22. The number of nitrogens with zero attached hydrogens (tertiary/aromatic N) is 5. The molecule has 1 amide bonds. The van der Waals surface area contributed by atoms with Gasteiger partial charge in [0, 0.05) is 56.6 Å². The summed E-state index contributed by atoms with van der Waals surface area (Å²) >= 11 is 0. The lowest BCUT2D eigenvalue weighted by atomic mass is 9.96. The van der Waals surface area contributed by atoms with Gasteiger partial charge in [0.05, 0.1) is 12.0 Å². The van der Waals surface area contributed by atoms with Crippen LogP contribution in [0.25, 0.3) is 11.3 Å². The van der Waals surface area contributed by atoms with Crippen molar-refractivity contribution in [3.05, 3.63) is 47.3 Å². The molecule has 0 aromatic carbocycles. The fraction of sp³-hybridized carbons (Fsp3) is 0.565. The van der Waals surface area contributed by atoms with E-state index in [1.54, 1.807) is 29.4 Å². The van der Waals surface area contributed by atoms with Gasteiger partial charge in [-0.2, -0.15) is 0 Å². The fourth-order valence-electron chi connectivity index (χ4n) is 4.44. The fourth-order valence-corrected chi connectivity index (χ4v) is 4.44. The van der Waals surface area contributed by atoms with Crippen LogP contribution in [0.5, 0.6) is 0 Å². The third kappa shape index (κ3) is 5.33. The molecule has 7 heteroatoms. The number of likely N-dealkylation sites (tertiary alicyclic amines) is 2. The van der Waals surface area contributed by atoms with E-state index >= 15 is 0 Å². The van der Waals surface area contributed by atoms with E-state index in [0.717, 1.165) is 70.5 Å². The first-order valence-electron chi connectivity index (χ1n) is 11.2. The molecular weight excluding hydrogens is 378 g/mol. The molecule has 2 aromatic heterocycles. The van der Waals surface area contributed by atoms with Gasteiger partial charge >= 0.3 is 0 Å². The van der Waals surface area contributed by atoms with Gasteiger partial charge in [0.25, 0.3) is 5.56 Å². The summed E-state index contributed by atoms with van der Waals surface area (Å²) in [6.07, 6.45) is 11.3. The number of amides is 1. The Balaban J connectivity index is 1.26. The second-order valence-corrected chi connectivity index (χ2v) is 8.48. The summed E-state index contributed by atoms with van der Waals surface area (Å²) < 4.78 is 1.73. The van der Waals surface area contributed by atoms with E-state index in [1.165, 1.54) is 6.42 Å². The van der Waals surface area contributed by atoms with E-state index in [-0.39, 0.29) is 5.56 Å². The zero-order chi connectivity index (χ0) is 20.8. The summed E-state index contributed by atoms with van der Waals surface area (Å²) in [7, 11) is 0. The first kappa shape index (κ1) is 20.7. The molecule has 7 nitrogen and oxygen atoms in total. The third-order valence-corrected chi connectivity index (χ3v) is 6.36. The van der Waals surface area contributed by atoms with Gasteiger partial charge in [-0.3, -0.25) is 19.1 Å². The minimum atomic E-state index is -0.00837. The van der Waals surface area contributed by atoms with Crippen LogP contribution in [0, 0.1) is 5.92 Å². The SMILES string of the molecule is O=C1CCCCCN1CCN1CCC(Cn2cnc(-c3cccnc3)cc2=O)CC1. The van der Waals surface area contributed by atoms with Crippen molar-refractivity contribution < 1.29 is 4.79 Å². The van der Waals surface area contributed by atoms with Crippen molar-refractivity contribution in [1.82, 2.24) is 24.3 Å². The number of aromatic nitrogens is 3. The number of pyridine rings is 1. The van der Waals surface area contributed by atoms with Gasteiger partial charge in [-0.25, -0.2) is 4.98 Å². The Morgan fingerprint density at radius 2 is 1.90 bits per heavy atom. The summed E-state index contributed by atoms with van der Waals surface area (Å²) in [5.41, 5.74) is 1.52. The average molecular weight is 410 g/mol. The van der Waals surface area contributed by atoms with Crippen LogP contribution in [0.15, 0.2) is 41.7 Å². The molecule has 0 spiro atoms. The van der Waals surface area contributed by atoms with Crippen LogP contribution in [-0.2, 0) is 11.3 Å². The van der Waals surface area contributed by atoms with Gasteiger partial charge in [-0.05, 0) is 56.8 Å². The zero-order valence-electron chi connectivity index (χ0n) is 17.6. The minimum Gasteiger partial charge on any atom is -0.341 e. The normalized spacial score (nSPS) is 19.1. The van der Waals surface area contributed by atoms with E-state index in [9.17, 15) is 9.59 Å². The number of hydrogen-bond donors (Lipinski definition) is 0. The van der Waals surface area contributed by atoms with Crippen molar-refractivity contribution in [3.8, 4) is 11.3 Å². The van der Waals surface area contributed by atoms with E-state index in [2.05, 4.69) is 14.9 Å². The van der Waals surface area contributed by atoms with Crippen LogP contribution in [0.2, 0.25) is 0 Å². The van der Waals surface area contributed by atoms with E-state index < -0.39 is 0 Å². The number of piperidine rings is 1. The highest BCUT2D eigenvalue weighted by Crippen LogP contribution is 2.19. The quantitative estimate of drug-likeness (QED) is 0.733. The van der Waals surface area contributed by atoms with Gasteiger partial charge in [0.1, 0.15) is 0 Å². The Hall–Kier alpha value is -2.54. The molecule has 2 aromatic rings. The van der Waals surface area contributed by atoms with Crippen molar-refractivity contribution in [1.29, 1.82) is 0 Å². The largest absolute Gasteiger partial charge is 0.341 e. The van der Waals surface area contributed by atoms with Gasteiger partial charge in [0.15, 0.2) is 0 Å². The Kier molecular flexibility index (Phi) is 6.89. The molecular formula is C23H31N5O2. The lowest BCUT2D eigenvalue weighted by molar-refractivity contribution is -0.130. The summed E-state index contributed by atoms with van der Waals surface area (Å²) in [5.74, 6) is 0.814. The smallest absolute Gasteiger partial charge is 0.253 e.